The lowest BCUT2D eigenvalue weighted by atomic mass is 10.3. The fourth-order valence-electron chi connectivity index (χ4n) is 1.06. The second kappa shape index (κ2) is 2.85. The standard InChI is InChI=1S/C8H6N2O3/c1-12-8(11)7-5-2-3-13-6(5)4-9-10-7/h2-4H,1H3. The summed E-state index contributed by atoms with van der Waals surface area (Å²) in [5.74, 6) is -0.514. The number of fused-ring (bicyclic) bond motifs is 1. The van der Waals surface area contributed by atoms with Crippen molar-refractivity contribution in [2.24, 2.45) is 0 Å². The van der Waals surface area contributed by atoms with Crippen LogP contribution in [0, 0.1) is 0 Å². The molecule has 5 nitrogen and oxygen atoms in total. The average Bonchev–Trinajstić information content (AvgIpc) is 2.63. The molecule has 0 aliphatic heterocycles. The number of methoxy groups -OCH3 is 1. The van der Waals surface area contributed by atoms with Crippen molar-refractivity contribution in [1.29, 1.82) is 0 Å². The highest BCUT2D eigenvalue weighted by Crippen LogP contribution is 2.16. The van der Waals surface area contributed by atoms with Gasteiger partial charge in [-0.15, -0.1) is 5.10 Å². The summed E-state index contributed by atoms with van der Waals surface area (Å²) in [6.45, 7) is 0. The van der Waals surface area contributed by atoms with E-state index < -0.39 is 5.97 Å². The number of carbonyl (C=O) groups is 1. The number of ether oxygens (including phenoxy) is 1. The number of esters is 1. The predicted molar refractivity (Wildman–Crippen MR) is 43.1 cm³/mol. The van der Waals surface area contributed by atoms with Crippen LogP contribution in [0.15, 0.2) is 22.9 Å². The van der Waals surface area contributed by atoms with E-state index in [4.69, 9.17) is 4.42 Å². The van der Waals surface area contributed by atoms with Crippen LogP contribution in [0.5, 0.6) is 0 Å². The molecule has 66 valence electrons. The number of rotatable bonds is 1. The van der Waals surface area contributed by atoms with E-state index in [0.717, 1.165) is 0 Å². The van der Waals surface area contributed by atoms with Crippen molar-refractivity contribution < 1.29 is 13.9 Å². The quantitative estimate of drug-likeness (QED) is 0.609. The summed E-state index contributed by atoms with van der Waals surface area (Å²) in [5, 5.41) is 7.89. The van der Waals surface area contributed by atoms with Crippen molar-refractivity contribution in [2.45, 2.75) is 0 Å². The van der Waals surface area contributed by atoms with Crippen molar-refractivity contribution in [3.63, 3.8) is 0 Å². The maximum absolute atomic E-state index is 11.2. The lowest BCUT2D eigenvalue weighted by molar-refractivity contribution is 0.0595. The molecule has 2 heterocycles. The van der Waals surface area contributed by atoms with Crippen LogP contribution in [0.1, 0.15) is 10.5 Å². The largest absolute Gasteiger partial charge is 0.464 e. The molecule has 2 aromatic rings. The smallest absolute Gasteiger partial charge is 0.359 e. The van der Waals surface area contributed by atoms with E-state index in [1.54, 1.807) is 6.07 Å². The zero-order valence-electron chi connectivity index (χ0n) is 6.85. The van der Waals surface area contributed by atoms with Crippen LogP contribution in [0.3, 0.4) is 0 Å². The van der Waals surface area contributed by atoms with Gasteiger partial charge in [-0.25, -0.2) is 4.79 Å². The van der Waals surface area contributed by atoms with Gasteiger partial charge in [0.1, 0.15) is 0 Å². The number of hydrogen-bond acceptors (Lipinski definition) is 5. The van der Waals surface area contributed by atoms with Gasteiger partial charge in [0.25, 0.3) is 0 Å². The van der Waals surface area contributed by atoms with Gasteiger partial charge >= 0.3 is 5.97 Å². The Morgan fingerprint density at radius 2 is 2.46 bits per heavy atom. The minimum absolute atomic E-state index is 0.175. The number of hydrogen-bond donors (Lipinski definition) is 0. The van der Waals surface area contributed by atoms with Crippen LogP contribution in [0.2, 0.25) is 0 Å². The van der Waals surface area contributed by atoms with Gasteiger partial charge in [0.2, 0.25) is 0 Å². The first-order chi connectivity index (χ1) is 6.33. The highest BCUT2D eigenvalue weighted by Gasteiger charge is 2.13. The third-order valence-corrected chi connectivity index (χ3v) is 1.66. The van der Waals surface area contributed by atoms with Crippen LogP contribution in [0.4, 0.5) is 0 Å². The SMILES string of the molecule is COC(=O)c1nncc2occc12. The van der Waals surface area contributed by atoms with E-state index in [9.17, 15) is 4.79 Å². The minimum Gasteiger partial charge on any atom is -0.464 e. The Morgan fingerprint density at radius 1 is 1.62 bits per heavy atom. The molecule has 0 atom stereocenters. The van der Waals surface area contributed by atoms with Crippen LogP contribution in [-0.2, 0) is 4.74 Å². The third-order valence-electron chi connectivity index (χ3n) is 1.66. The monoisotopic (exact) mass is 178 g/mol. The Morgan fingerprint density at radius 3 is 3.23 bits per heavy atom. The molecule has 0 amide bonds. The zero-order chi connectivity index (χ0) is 9.26. The van der Waals surface area contributed by atoms with E-state index in [0.29, 0.717) is 11.0 Å². The Labute approximate surface area is 73.3 Å². The molecule has 2 rings (SSSR count). The molecule has 0 aromatic carbocycles. The summed E-state index contributed by atoms with van der Waals surface area (Å²) >= 11 is 0. The van der Waals surface area contributed by atoms with Crippen LogP contribution in [-0.4, -0.2) is 23.3 Å². The van der Waals surface area contributed by atoms with Crippen molar-refractivity contribution >= 4 is 16.9 Å². The molecule has 2 aromatic heterocycles. The van der Waals surface area contributed by atoms with Gasteiger partial charge in [-0.2, -0.15) is 5.10 Å². The van der Waals surface area contributed by atoms with Crippen LogP contribution < -0.4 is 0 Å². The van der Waals surface area contributed by atoms with Crippen LogP contribution >= 0.6 is 0 Å². The molecule has 0 N–H and O–H groups in total. The Hall–Kier alpha value is -1.91. The van der Waals surface area contributed by atoms with Crippen molar-refractivity contribution in [3.05, 3.63) is 24.2 Å². The molecule has 13 heavy (non-hydrogen) atoms. The van der Waals surface area contributed by atoms with E-state index in [1.807, 2.05) is 0 Å². The molecule has 5 heteroatoms. The third kappa shape index (κ3) is 1.14. The molecule has 0 saturated heterocycles. The number of aromatic nitrogens is 2. The molecule has 0 bridgehead atoms. The van der Waals surface area contributed by atoms with Gasteiger partial charge in [0.05, 0.1) is 25.0 Å². The molecular weight excluding hydrogens is 172 g/mol. The fraction of sp³-hybridized carbons (Fsp3) is 0.125. The summed E-state index contributed by atoms with van der Waals surface area (Å²) in [5.41, 5.74) is 0.698. The van der Waals surface area contributed by atoms with Crippen LogP contribution in [0.25, 0.3) is 11.0 Å². The van der Waals surface area contributed by atoms with Gasteiger partial charge < -0.3 is 9.15 Å². The maximum atomic E-state index is 11.2. The Bertz CT molecular complexity index is 449. The number of nitrogens with zero attached hydrogens (tertiary/aromatic N) is 2. The average molecular weight is 178 g/mol. The maximum Gasteiger partial charge on any atom is 0.359 e. The van der Waals surface area contributed by atoms with E-state index in [-0.39, 0.29) is 5.69 Å². The molecule has 0 aliphatic carbocycles. The lowest BCUT2D eigenvalue weighted by Crippen LogP contribution is -2.05. The summed E-state index contributed by atoms with van der Waals surface area (Å²) in [7, 11) is 1.29. The molecule has 0 radical (unpaired) electrons. The Kier molecular flexibility index (Phi) is 1.70. The van der Waals surface area contributed by atoms with Crippen molar-refractivity contribution in [2.75, 3.05) is 7.11 Å². The summed E-state index contributed by atoms with van der Waals surface area (Å²) in [4.78, 5) is 11.2. The molecule has 0 fully saturated rings. The van der Waals surface area contributed by atoms with E-state index in [2.05, 4.69) is 14.9 Å². The van der Waals surface area contributed by atoms with Gasteiger partial charge in [0, 0.05) is 0 Å². The van der Waals surface area contributed by atoms with E-state index >= 15 is 0 Å². The number of carbonyl (C=O) groups excluding carboxylic acids is 1. The zero-order valence-corrected chi connectivity index (χ0v) is 6.85. The molecule has 0 saturated carbocycles. The van der Waals surface area contributed by atoms with Gasteiger partial charge in [-0.05, 0) is 6.07 Å². The summed E-state index contributed by atoms with van der Waals surface area (Å²) in [6.07, 6.45) is 2.92. The lowest BCUT2D eigenvalue weighted by Gasteiger charge is -1.96. The predicted octanol–water partition coefficient (Wildman–Crippen LogP) is 1.01. The topological polar surface area (TPSA) is 65.2 Å². The second-order valence-electron chi connectivity index (χ2n) is 2.38. The normalized spacial score (nSPS) is 10.2. The molecule has 0 aliphatic rings. The van der Waals surface area contributed by atoms with Gasteiger partial charge in [0.15, 0.2) is 11.3 Å². The van der Waals surface area contributed by atoms with E-state index in [1.165, 1.54) is 19.6 Å². The second-order valence-corrected chi connectivity index (χ2v) is 2.38. The highest BCUT2D eigenvalue weighted by molar-refractivity contribution is 6.00. The minimum atomic E-state index is -0.514. The molecule has 0 unspecified atom stereocenters. The molecular formula is C8H6N2O3. The summed E-state index contributed by atoms with van der Waals surface area (Å²) in [6, 6.07) is 1.65. The molecule has 0 spiro atoms. The van der Waals surface area contributed by atoms with Gasteiger partial charge in [-0.1, -0.05) is 0 Å². The van der Waals surface area contributed by atoms with Crippen molar-refractivity contribution in [3.8, 4) is 0 Å². The highest BCUT2D eigenvalue weighted by atomic mass is 16.5. The van der Waals surface area contributed by atoms with Gasteiger partial charge in [-0.3, -0.25) is 0 Å². The first-order valence-electron chi connectivity index (χ1n) is 3.60. The first-order valence-corrected chi connectivity index (χ1v) is 3.60. The Balaban J connectivity index is 2.67. The summed E-state index contributed by atoms with van der Waals surface area (Å²) < 4.78 is 9.57. The first kappa shape index (κ1) is 7.72. The number of furan rings is 1. The van der Waals surface area contributed by atoms with Crippen molar-refractivity contribution in [1.82, 2.24) is 10.2 Å². The fourth-order valence-corrected chi connectivity index (χ4v) is 1.06.